The zero-order valence-electron chi connectivity index (χ0n) is 16.1. The molecule has 2 N–H and O–H groups in total. The van der Waals surface area contributed by atoms with Crippen LogP contribution in [0.2, 0.25) is 5.02 Å². The van der Waals surface area contributed by atoms with Crippen molar-refractivity contribution in [3.63, 3.8) is 0 Å². The Morgan fingerprint density at radius 1 is 1.42 bits per heavy atom. The van der Waals surface area contributed by atoms with Crippen molar-refractivity contribution in [1.82, 2.24) is 4.90 Å². The first kappa shape index (κ1) is 20.9. The first-order chi connectivity index (χ1) is 12.0. The molecule has 1 aromatic carbocycles. The van der Waals surface area contributed by atoms with Gasteiger partial charge in [-0.2, -0.15) is 0 Å². The highest BCUT2D eigenvalue weighted by atomic mass is 35.5. The molecule has 26 heavy (non-hydrogen) atoms. The third-order valence-corrected chi connectivity index (χ3v) is 4.78. The van der Waals surface area contributed by atoms with Crippen LogP contribution in [0.5, 0.6) is 0 Å². The highest BCUT2D eigenvalue weighted by Gasteiger charge is 2.34. The van der Waals surface area contributed by atoms with E-state index in [-0.39, 0.29) is 12.1 Å². The van der Waals surface area contributed by atoms with Gasteiger partial charge in [0.15, 0.2) is 0 Å². The Bertz CT molecular complexity index is 663. The minimum Gasteiger partial charge on any atom is -0.444 e. The molecule has 0 radical (unpaired) electrons. The molecule has 0 bridgehead atoms. The maximum Gasteiger partial charge on any atom is 0.490 e. The summed E-state index contributed by atoms with van der Waals surface area (Å²) in [4.78, 5) is 16.0. The van der Waals surface area contributed by atoms with Crippen molar-refractivity contribution in [2.45, 2.75) is 52.2 Å². The Hall–Kier alpha value is -1.44. The van der Waals surface area contributed by atoms with Crippen LogP contribution >= 0.6 is 11.6 Å². The second-order valence-electron chi connectivity index (χ2n) is 7.71. The van der Waals surface area contributed by atoms with E-state index < -0.39 is 12.7 Å². The van der Waals surface area contributed by atoms with Gasteiger partial charge in [0, 0.05) is 42.4 Å². The molecule has 1 amide bonds. The second-order valence-corrected chi connectivity index (χ2v) is 8.15. The molecule has 1 saturated heterocycles. The Kier molecular flexibility index (Phi) is 6.48. The topological polar surface area (TPSA) is 73.2 Å². The average Bonchev–Trinajstić information content (AvgIpc) is 3.01. The first-order valence-electron chi connectivity index (χ1n) is 8.92. The molecular weight excluding hydrogens is 354 g/mol. The monoisotopic (exact) mass is 382 g/mol. The third-order valence-electron chi connectivity index (χ3n) is 4.56. The number of halogens is 1. The molecule has 8 heteroatoms. The van der Waals surface area contributed by atoms with E-state index in [0.717, 1.165) is 17.7 Å². The molecule has 1 heterocycles. The van der Waals surface area contributed by atoms with Crippen molar-refractivity contribution in [3.05, 3.63) is 22.7 Å². The van der Waals surface area contributed by atoms with Crippen LogP contribution in [0.25, 0.3) is 0 Å². The lowest BCUT2D eigenvalue weighted by atomic mass is 9.77. The summed E-state index contributed by atoms with van der Waals surface area (Å²) in [6.07, 6.45) is 1.17. The average molecular weight is 383 g/mol. The molecule has 1 aliphatic heterocycles. The van der Waals surface area contributed by atoms with E-state index in [1.807, 2.05) is 45.7 Å². The summed E-state index contributed by atoms with van der Waals surface area (Å²) < 4.78 is 5.45. The zero-order valence-corrected chi connectivity index (χ0v) is 16.9. The van der Waals surface area contributed by atoms with E-state index >= 15 is 0 Å². The number of ether oxygens (including phenoxy) is 1. The van der Waals surface area contributed by atoms with Gasteiger partial charge in [-0.05, 0) is 51.3 Å². The van der Waals surface area contributed by atoms with Crippen LogP contribution in [0.4, 0.5) is 10.5 Å². The molecule has 0 aliphatic carbocycles. The van der Waals surface area contributed by atoms with E-state index in [2.05, 4.69) is 0 Å². The van der Waals surface area contributed by atoms with E-state index in [4.69, 9.17) is 16.3 Å². The highest BCUT2D eigenvalue weighted by Crippen LogP contribution is 2.27. The SMILES string of the molecule is CCc1cc(Cl)cc(B(O)O)c1N(C)C1CCN(C(=O)OC(C)(C)C)C1. The molecule has 1 aliphatic rings. The van der Waals surface area contributed by atoms with Crippen molar-refractivity contribution in [2.75, 3.05) is 25.0 Å². The van der Waals surface area contributed by atoms with Crippen LogP contribution in [0.15, 0.2) is 12.1 Å². The maximum atomic E-state index is 12.3. The van der Waals surface area contributed by atoms with Crippen molar-refractivity contribution in [2.24, 2.45) is 0 Å². The number of aryl methyl sites for hydroxylation is 1. The number of carbonyl (C=O) groups excluding carboxylic acids is 1. The number of benzene rings is 1. The zero-order chi connectivity index (χ0) is 19.6. The lowest BCUT2D eigenvalue weighted by Crippen LogP contribution is -2.43. The molecule has 144 valence electrons. The Labute approximate surface area is 160 Å². The van der Waals surface area contributed by atoms with Gasteiger partial charge in [-0.1, -0.05) is 18.5 Å². The Morgan fingerprint density at radius 2 is 2.08 bits per heavy atom. The summed E-state index contributed by atoms with van der Waals surface area (Å²) in [5.74, 6) is 0. The first-order valence-corrected chi connectivity index (χ1v) is 9.30. The highest BCUT2D eigenvalue weighted by molar-refractivity contribution is 6.61. The molecule has 1 fully saturated rings. The lowest BCUT2D eigenvalue weighted by molar-refractivity contribution is 0.0292. The number of amides is 1. The van der Waals surface area contributed by atoms with Crippen LogP contribution in [-0.4, -0.2) is 59.9 Å². The predicted molar refractivity (Wildman–Crippen MR) is 105 cm³/mol. The summed E-state index contributed by atoms with van der Waals surface area (Å²) in [5, 5.41) is 20.1. The van der Waals surface area contributed by atoms with Crippen LogP contribution in [0.3, 0.4) is 0 Å². The number of hydrogen-bond acceptors (Lipinski definition) is 5. The molecule has 1 aromatic rings. The van der Waals surface area contributed by atoms with Crippen molar-refractivity contribution in [1.29, 1.82) is 0 Å². The van der Waals surface area contributed by atoms with Gasteiger partial charge in [-0.15, -0.1) is 0 Å². The van der Waals surface area contributed by atoms with Crippen LogP contribution in [-0.2, 0) is 11.2 Å². The van der Waals surface area contributed by atoms with Gasteiger partial charge in [0.2, 0.25) is 0 Å². The summed E-state index contributed by atoms with van der Waals surface area (Å²) >= 11 is 6.13. The van der Waals surface area contributed by atoms with Crippen molar-refractivity contribution >= 4 is 36.0 Å². The summed E-state index contributed by atoms with van der Waals surface area (Å²) in [6.45, 7) is 8.68. The van der Waals surface area contributed by atoms with E-state index in [0.29, 0.717) is 30.0 Å². The van der Waals surface area contributed by atoms with Gasteiger partial charge in [-0.3, -0.25) is 0 Å². The molecule has 0 saturated carbocycles. The van der Waals surface area contributed by atoms with Gasteiger partial charge in [0.05, 0.1) is 0 Å². The number of nitrogens with zero attached hydrogens (tertiary/aromatic N) is 2. The van der Waals surface area contributed by atoms with E-state index in [9.17, 15) is 14.8 Å². The predicted octanol–water partition coefficient (Wildman–Crippen LogP) is 2.03. The molecule has 1 unspecified atom stereocenters. The normalized spacial score (nSPS) is 17.4. The number of hydrogen-bond donors (Lipinski definition) is 2. The summed E-state index contributed by atoms with van der Waals surface area (Å²) in [7, 11) is 0.303. The second kappa shape index (κ2) is 8.07. The van der Waals surface area contributed by atoms with E-state index in [1.165, 1.54) is 0 Å². The van der Waals surface area contributed by atoms with Gasteiger partial charge >= 0.3 is 13.2 Å². The van der Waals surface area contributed by atoms with Crippen molar-refractivity contribution in [3.8, 4) is 0 Å². The number of carbonyl (C=O) groups is 1. The van der Waals surface area contributed by atoms with Crippen LogP contribution < -0.4 is 10.4 Å². The number of likely N-dealkylation sites (N-methyl/N-ethyl adjacent to an activating group) is 1. The summed E-state index contributed by atoms with van der Waals surface area (Å²) in [5.41, 5.74) is 1.56. The van der Waals surface area contributed by atoms with Gasteiger partial charge < -0.3 is 24.6 Å². The Morgan fingerprint density at radius 3 is 2.62 bits per heavy atom. The molecular formula is C18H28BClN2O4. The smallest absolute Gasteiger partial charge is 0.444 e. The fourth-order valence-electron chi connectivity index (χ4n) is 3.31. The standard InChI is InChI=1S/C18H28BClN2O4/c1-6-12-9-13(20)10-15(19(24)25)16(12)21(5)14-7-8-22(11-14)17(23)26-18(2,3)4/h9-10,14,24-25H,6-8,11H2,1-5H3. The van der Waals surface area contributed by atoms with E-state index in [1.54, 1.807) is 11.0 Å². The largest absolute Gasteiger partial charge is 0.490 e. The summed E-state index contributed by atoms with van der Waals surface area (Å²) in [6, 6.07) is 3.49. The fourth-order valence-corrected chi connectivity index (χ4v) is 3.56. The van der Waals surface area contributed by atoms with Gasteiger partial charge in [-0.25, -0.2) is 4.79 Å². The molecule has 6 nitrogen and oxygen atoms in total. The minimum atomic E-state index is -1.61. The quantitative estimate of drug-likeness (QED) is 0.780. The molecule has 2 rings (SSSR count). The molecule has 1 atom stereocenters. The fraction of sp³-hybridized carbons (Fsp3) is 0.611. The van der Waals surface area contributed by atoms with Crippen LogP contribution in [0.1, 0.15) is 39.7 Å². The number of anilines is 1. The molecule has 0 aromatic heterocycles. The Balaban J connectivity index is 2.22. The van der Waals surface area contributed by atoms with Crippen molar-refractivity contribution < 1.29 is 19.6 Å². The van der Waals surface area contributed by atoms with Gasteiger partial charge in [0.25, 0.3) is 0 Å². The lowest BCUT2D eigenvalue weighted by Gasteiger charge is -2.31. The maximum absolute atomic E-state index is 12.3. The number of likely N-dealkylation sites (tertiary alicyclic amines) is 1. The van der Waals surface area contributed by atoms with Gasteiger partial charge in [0.1, 0.15) is 5.60 Å². The number of rotatable bonds is 4. The minimum absolute atomic E-state index is 0.0616. The molecule has 0 spiro atoms. The van der Waals surface area contributed by atoms with Crippen LogP contribution in [0, 0.1) is 0 Å². The third kappa shape index (κ3) is 4.84.